The minimum absolute atomic E-state index is 0.353. The van der Waals surface area contributed by atoms with Crippen LogP contribution in [-0.2, 0) is 6.54 Å². The zero-order valence-corrected chi connectivity index (χ0v) is 13.7. The molecule has 1 N–H and O–H groups in total. The lowest BCUT2D eigenvalue weighted by atomic mass is 10.0. The highest BCUT2D eigenvalue weighted by Crippen LogP contribution is 2.32. The number of rotatable bonds is 4. The Morgan fingerprint density at radius 1 is 1.20 bits per heavy atom. The Kier molecular flexibility index (Phi) is 5.06. The molecule has 106 valence electrons. The van der Waals surface area contributed by atoms with Gasteiger partial charge in [0.25, 0.3) is 0 Å². The SMILES string of the molecule is CC(C)c1ccc(CNc2c(Cl)cc(F)cc2Br)cc1. The van der Waals surface area contributed by atoms with E-state index in [2.05, 4.69) is 59.4 Å². The summed E-state index contributed by atoms with van der Waals surface area (Å²) < 4.78 is 13.8. The van der Waals surface area contributed by atoms with Gasteiger partial charge in [-0.3, -0.25) is 0 Å². The van der Waals surface area contributed by atoms with E-state index in [1.807, 2.05) is 0 Å². The van der Waals surface area contributed by atoms with E-state index in [1.165, 1.54) is 17.7 Å². The van der Waals surface area contributed by atoms with E-state index >= 15 is 0 Å². The average Bonchev–Trinajstić information content (AvgIpc) is 2.38. The maximum atomic E-state index is 13.1. The summed E-state index contributed by atoms with van der Waals surface area (Å²) >= 11 is 9.35. The van der Waals surface area contributed by atoms with Crippen molar-refractivity contribution in [1.82, 2.24) is 0 Å². The Hall–Kier alpha value is -1.06. The van der Waals surface area contributed by atoms with Crippen LogP contribution in [0.4, 0.5) is 10.1 Å². The average molecular weight is 357 g/mol. The van der Waals surface area contributed by atoms with E-state index in [0.717, 1.165) is 5.56 Å². The first kappa shape index (κ1) is 15.3. The zero-order chi connectivity index (χ0) is 14.7. The van der Waals surface area contributed by atoms with Gasteiger partial charge >= 0.3 is 0 Å². The van der Waals surface area contributed by atoms with Crippen LogP contribution in [0.5, 0.6) is 0 Å². The molecule has 0 aliphatic rings. The van der Waals surface area contributed by atoms with Crippen molar-refractivity contribution in [2.75, 3.05) is 5.32 Å². The summed E-state index contributed by atoms with van der Waals surface area (Å²) in [6, 6.07) is 11.1. The zero-order valence-electron chi connectivity index (χ0n) is 11.4. The standard InChI is InChI=1S/C16H16BrClFN/c1-10(2)12-5-3-11(4-6-12)9-20-16-14(17)7-13(19)8-15(16)18/h3-8,10,20H,9H2,1-2H3. The van der Waals surface area contributed by atoms with Crippen LogP contribution in [-0.4, -0.2) is 0 Å². The highest BCUT2D eigenvalue weighted by molar-refractivity contribution is 9.10. The van der Waals surface area contributed by atoms with Gasteiger partial charge in [0.15, 0.2) is 0 Å². The molecule has 0 bridgehead atoms. The van der Waals surface area contributed by atoms with E-state index in [-0.39, 0.29) is 5.82 Å². The lowest BCUT2D eigenvalue weighted by Gasteiger charge is -2.12. The van der Waals surface area contributed by atoms with Crippen LogP contribution in [0.1, 0.15) is 30.9 Å². The maximum absolute atomic E-state index is 13.1. The molecule has 0 aromatic heterocycles. The molecule has 0 aliphatic carbocycles. The molecule has 0 spiro atoms. The predicted molar refractivity (Wildman–Crippen MR) is 87.0 cm³/mol. The first-order chi connectivity index (χ1) is 9.47. The van der Waals surface area contributed by atoms with Crippen molar-refractivity contribution in [1.29, 1.82) is 0 Å². The van der Waals surface area contributed by atoms with Gasteiger partial charge in [0.05, 0.1) is 10.7 Å². The van der Waals surface area contributed by atoms with E-state index in [4.69, 9.17) is 11.6 Å². The van der Waals surface area contributed by atoms with Crippen molar-refractivity contribution in [3.8, 4) is 0 Å². The summed E-state index contributed by atoms with van der Waals surface area (Å²) in [5.41, 5.74) is 3.18. The van der Waals surface area contributed by atoms with Gasteiger partial charge in [0, 0.05) is 11.0 Å². The summed E-state index contributed by atoms with van der Waals surface area (Å²) in [7, 11) is 0. The quantitative estimate of drug-likeness (QED) is 0.711. The van der Waals surface area contributed by atoms with Crippen LogP contribution in [0.15, 0.2) is 40.9 Å². The van der Waals surface area contributed by atoms with Crippen molar-refractivity contribution in [3.05, 3.63) is 62.8 Å². The molecule has 0 atom stereocenters. The molecular weight excluding hydrogens is 341 g/mol. The Balaban J connectivity index is 2.09. The van der Waals surface area contributed by atoms with Crippen LogP contribution in [0.25, 0.3) is 0 Å². The van der Waals surface area contributed by atoms with E-state index < -0.39 is 0 Å². The molecule has 0 saturated carbocycles. The van der Waals surface area contributed by atoms with Gasteiger partial charge in [-0.2, -0.15) is 0 Å². The highest BCUT2D eigenvalue weighted by atomic mass is 79.9. The minimum atomic E-state index is -0.353. The molecule has 2 rings (SSSR count). The second-order valence-electron chi connectivity index (χ2n) is 4.99. The normalized spacial score (nSPS) is 10.9. The largest absolute Gasteiger partial charge is 0.379 e. The number of nitrogens with one attached hydrogen (secondary N) is 1. The number of halogens is 3. The summed E-state index contributed by atoms with van der Waals surface area (Å²) in [5.74, 6) is 0.173. The van der Waals surface area contributed by atoms with Gasteiger partial charge in [-0.15, -0.1) is 0 Å². The molecule has 0 unspecified atom stereocenters. The van der Waals surface area contributed by atoms with Crippen molar-refractivity contribution >= 4 is 33.2 Å². The van der Waals surface area contributed by atoms with Gasteiger partial charge in [-0.05, 0) is 45.1 Å². The first-order valence-corrected chi connectivity index (χ1v) is 7.61. The van der Waals surface area contributed by atoms with Crippen molar-refractivity contribution < 1.29 is 4.39 Å². The van der Waals surface area contributed by atoms with Crippen LogP contribution >= 0.6 is 27.5 Å². The molecule has 0 radical (unpaired) electrons. The van der Waals surface area contributed by atoms with Gasteiger partial charge in [0.1, 0.15) is 5.82 Å². The maximum Gasteiger partial charge on any atom is 0.125 e. The van der Waals surface area contributed by atoms with Gasteiger partial charge < -0.3 is 5.32 Å². The lowest BCUT2D eigenvalue weighted by molar-refractivity contribution is 0.627. The van der Waals surface area contributed by atoms with E-state index in [0.29, 0.717) is 27.6 Å². The number of benzene rings is 2. The van der Waals surface area contributed by atoms with Crippen LogP contribution in [0.2, 0.25) is 5.02 Å². The van der Waals surface area contributed by atoms with E-state index in [9.17, 15) is 4.39 Å². The topological polar surface area (TPSA) is 12.0 Å². The van der Waals surface area contributed by atoms with Crippen molar-refractivity contribution in [3.63, 3.8) is 0 Å². The Morgan fingerprint density at radius 2 is 1.85 bits per heavy atom. The monoisotopic (exact) mass is 355 g/mol. The van der Waals surface area contributed by atoms with Crippen molar-refractivity contribution in [2.24, 2.45) is 0 Å². The summed E-state index contributed by atoms with van der Waals surface area (Å²) in [6.07, 6.45) is 0. The smallest absolute Gasteiger partial charge is 0.125 e. The molecule has 1 nitrogen and oxygen atoms in total. The minimum Gasteiger partial charge on any atom is -0.379 e. The third kappa shape index (κ3) is 3.74. The highest BCUT2D eigenvalue weighted by Gasteiger charge is 2.08. The van der Waals surface area contributed by atoms with Crippen LogP contribution < -0.4 is 5.32 Å². The molecule has 0 heterocycles. The van der Waals surface area contributed by atoms with Gasteiger partial charge in [0.2, 0.25) is 0 Å². The number of hydrogen-bond acceptors (Lipinski definition) is 1. The lowest BCUT2D eigenvalue weighted by Crippen LogP contribution is -2.01. The van der Waals surface area contributed by atoms with E-state index in [1.54, 1.807) is 0 Å². The molecule has 0 saturated heterocycles. The third-order valence-corrected chi connectivity index (χ3v) is 4.05. The van der Waals surface area contributed by atoms with Gasteiger partial charge in [-0.1, -0.05) is 49.7 Å². The molecule has 0 aliphatic heterocycles. The number of hydrogen-bond donors (Lipinski definition) is 1. The molecule has 4 heteroatoms. The fourth-order valence-electron chi connectivity index (χ4n) is 1.92. The van der Waals surface area contributed by atoms with Crippen molar-refractivity contribution in [2.45, 2.75) is 26.3 Å². The van der Waals surface area contributed by atoms with Crippen LogP contribution in [0, 0.1) is 5.82 Å². The molecule has 2 aromatic rings. The summed E-state index contributed by atoms with van der Waals surface area (Å²) in [5, 5.41) is 3.60. The fourth-order valence-corrected chi connectivity index (χ4v) is 2.88. The number of anilines is 1. The molecule has 0 fully saturated rings. The second-order valence-corrected chi connectivity index (χ2v) is 6.26. The Labute approximate surface area is 132 Å². The van der Waals surface area contributed by atoms with Crippen LogP contribution in [0.3, 0.4) is 0 Å². The fraction of sp³-hybridized carbons (Fsp3) is 0.250. The molecular formula is C16H16BrClFN. The second kappa shape index (κ2) is 6.59. The molecule has 20 heavy (non-hydrogen) atoms. The molecule has 2 aromatic carbocycles. The third-order valence-electron chi connectivity index (χ3n) is 3.12. The summed E-state index contributed by atoms with van der Waals surface area (Å²) in [6.45, 7) is 4.98. The first-order valence-electron chi connectivity index (χ1n) is 6.44. The van der Waals surface area contributed by atoms with Gasteiger partial charge in [-0.25, -0.2) is 4.39 Å². The summed E-state index contributed by atoms with van der Waals surface area (Å²) in [4.78, 5) is 0. The Morgan fingerprint density at radius 3 is 2.40 bits per heavy atom. The molecule has 0 amide bonds. The predicted octanol–water partition coefficient (Wildman–Crippen LogP) is 5.98. The Bertz CT molecular complexity index is 573.